The summed E-state index contributed by atoms with van der Waals surface area (Å²) in [6.45, 7) is 1.59. The van der Waals surface area contributed by atoms with E-state index in [4.69, 9.17) is 4.74 Å². The number of esters is 1. The maximum Gasteiger partial charge on any atom is 0.340 e. The van der Waals surface area contributed by atoms with Gasteiger partial charge in [-0.2, -0.15) is 0 Å². The molecule has 3 heterocycles. The van der Waals surface area contributed by atoms with Gasteiger partial charge in [-0.05, 0) is 42.6 Å². The van der Waals surface area contributed by atoms with Crippen molar-refractivity contribution in [2.24, 2.45) is 0 Å². The standard InChI is InChI=1S/C23H20N4O5S/c1-2-32-22(30)16-8-3-4-9-17(16)25-19(28)14-26-18-10-5-11-24-20(18)21(29)27(23(26)31)13-15-7-6-12-33-15/h3-12H,2,13-14H2,1H3,(H,25,28). The van der Waals surface area contributed by atoms with Gasteiger partial charge in [0, 0.05) is 11.1 Å². The van der Waals surface area contributed by atoms with E-state index in [0.29, 0.717) is 0 Å². The van der Waals surface area contributed by atoms with Gasteiger partial charge in [-0.1, -0.05) is 18.2 Å². The van der Waals surface area contributed by atoms with Gasteiger partial charge in [-0.25, -0.2) is 14.6 Å². The zero-order valence-corrected chi connectivity index (χ0v) is 18.5. The highest BCUT2D eigenvalue weighted by atomic mass is 32.1. The van der Waals surface area contributed by atoms with E-state index in [1.165, 1.54) is 22.1 Å². The summed E-state index contributed by atoms with van der Waals surface area (Å²) in [5.74, 6) is -1.11. The Morgan fingerprint density at radius 2 is 1.88 bits per heavy atom. The predicted molar refractivity (Wildman–Crippen MR) is 125 cm³/mol. The van der Waals surface area contributed by atoms with Crippen molar-refractivity contribution < 1.29 is 14.3 Å². The molecule has 0 bridgehead atoms. The summed E-state index contributed by atoms with van der Waals surface area (Å²) in [6.07, 6.45) is 1.46. The van der Waals surface area contributed by atoms with Crippen LogP contribution in [0.25, 0.3) is 11.0 Å². The summed E-state index contributed by atoms with van der Waals surface area (Å²) >= 11 is 1.42. The zero-order valence-electron chi connectivity index (χ0n) is 17.7. The number of nitrogens with one attached hydrogen (secondary N) is 1. The Hall–Kier alpha value is -4.05. The van der Waals surface area contributed by atoms with E-state index in [9.17, 15) is 19.2 Å². The minimum absolute atomic E-state index is 0.0785. The highest BCUT2D eigenvalue weighted by Gasteiger charge is 2.18. The number of thiophene rings is 1. The average molecular weight is 465 g/mol. The monoisotopic (exact) mass is 464 g/mol. The first-order valence-electron chi connectivity index (χ1n) is 10.2. The van der Waals surface area contributed by atoms with Gasteiger partial charge in [0.1, 0.15) is 6.54 Å². The molecule has 0 radical (unpaired) electrons. The number of nitrogens with zero attached hydrogens (tertiary/aromatic N) is 3. The number of aromatic nitrogens is 3. The molecule has 0 saturated heterocycles. The molecule has 10 heteroatoms. The molecule has 4 rings (SSSR count). The number of fused-ring (bicyclic) bond motifs is 1. The van der Waals surface area contributed by atoms with Gasteiger partial charge >= 0.3 is 11.7 Å². The molecule has 33 heavy (non-hydrogen) atoms. The number of amides is 1. The van der Waals surface area contributed by atoms with Crippen LogP contribution in [0.5, 0.6) is 0 Å². The Morgan fingerprint density at radius 1 is 1.06 bits per heavy atom. The molecule has 0 unspecified atom stereocenters. The molecule has 0 aliphatic heterocycles. The van der Waals surface area contributed by atoms with Gasteiger partial charge in [0.2, 0.25) is 5.91 Å². The normalized spacial score (nSPS) is 10.8. The van der Waals surface area contributed by atoms with Crippen molar-refractivity contribution in [3.63, 3.8) is 0 Å². The van der Waals surface area contributed by atoms with Crippen molar-refractivity contribution in [1.82, 2.24) is 14.1 Å². The summed E-state index contributed by atoms with van der Waals surface area (Å²) < 4.78 is 7.31. The fourth-order valence-electron chi connectivity index (χ4n) is 3.41. The van der Waals surface area contributed by atoms with Crippen LogP contribution in [-0.4, -0.2) is 32.6 Å². The maximum atomic E-state index is 13.2. The van der Waals surface area contributed by atoms with Crippen molar-refractivity contribution >= 4 is 39.9 Å². The lowest BCUT2D eigenvalue weighted by Gasteiger charge is -2.14. The Bertz CT molecular complexity index is 1440. The summed E-state index contributed by atoms with van der Waals surface area (Å²) in [4.78, 5) is 56.2. The third-order valence-corrected chi connectivity index (χ3v) is 5.74. The smallest absolute Gasteiger partial charge is 0.340 e. The van der Waals surface area contributed by atoms with E-state index in [1.54, 1.807) is 43.3 Å². The first-order chi connectivity index (χ1) is 16.0. The van der Waals surface area contributed by atoms with Crippen LogP contribution in [0.2, 0.25) is 0 Å². The molecule has 168 valence electrons. The molecule has 4 aromatic rings. The molecule has 0 aliphatic rings. The minimum atomic E-state index is -0.622. The molecule has 0 fully saturated rings. The second-order valence-electron chi connectivity index (χ2n) is 7.02. The van der Waals surface area contributed by atoms with Crippen molar-refractivity contribution in [3.8, 4) is 0 Å². The number of benzene rings is 1. The molecule has 0 spiro atoms. The maximum absolute atomic E-state index is 13.2. The van der Waals surface area contributed by atoms with E-state index >= 15 is 0 Å². The van der Waals surface area contributed by atoms with Gasteiger partial charge in [-0.15, -0.1) is 11.3 Å². The Labute approximate surface area is 191 Å². The van der Waals surface area contributed by atoms with Crippen LogP contribution >= 0.6 is 11.3 Å². The number of hydrogen-bond donors (Lipinski definition) is 1. The largest absolute Gasteiger partial charge is 0.462 e. The topological polar surface area (TPSA) is 112 Å². The molecule has 3 aromatic heterocycles. The SMILES string of the molecule is CCOC(=O)c1ccccc1NC(=O)Cn1c(=O)n(Cc2cccs2)c(=O)c2ncccc21. The van der Waals surface area contributed by atoms with Crippen molar-refractivity contribution in [3.05, 3.63) is 91.4 Å². The van der Waals surface area contributed by atoms with Crippen LogP contribution < -0.4 is 16.6 Å². The fourth-order valence-corrected chi connectivity index (χ4v) is 4.10. The van der Waals surface area contributed by atoms with Crippen LogP contribution in [0.3, 0.4) is 0 Å². The van der Waals surface area contributed by atoms with Crippen molar-refractivity contribution in [2.45, 2.75) is 20.0 Å². The van der Waals surface area contributed by atoms with E-state index in [2.05, 4.69) is 10.3 Å². The second kappa shape index (κ2) is 9.61. The van der Waals surface area contributed by atoms with Gasteiger partial charge in [0.25, 0.3) is 5.56 Å². The number of rotatable bonds is 7. The number of ether oxygens (including phenoxy) is 1. The fraction of sp³-hybridized carbons (Fsp3) is 0.174. The van der Waals surface area contributed by atoms with Crippen LogP contribution in [0.1, 0.15) is 22.2 Å². The molecule has 0 atom stereocenters. The number of hydrogen-bond acceptors (Lipinski definition) is 7. The Balaban J connectivity index is 1.71. The van der Waals surface area contributed by atoms with E-state index in [0.717, 1.165) is 9.44 Å². The van der Waals surface area contributed by atoms with Crippen molar-refractivity contribution in [2.75, 3.05) is 11.9 Å². The molecule has 0 aliphatic carbocycles. The van der Waals surface area contributed by atoms with Crippen LogP contribution in [0, 0.1) is 0 Å². The lowest BCUT2D eigenvalue weighted by atomic mass is 10.2. The van der Waals surface area contributed by atoms with Gasteiger partial charge in [0.05, 0.1) is 29.9 Å². The Morgan fingerprint density at radius 3 is 2.64 bits per heavy atom. The predicted octanol–water partition coefficient (Wildman–Crippen LogP) is 2.48. The number of pyridine rings is 1. The van der Waals surface area contributed by atoms with Crippen LogP contribution in [-0.2, 0) is 22.6 Å². The molecule has 0 saturated carbocycles. The number of anilines is 1. The first-order valence-corrected chi connectivity index (χ1v) is 11.0. The Kier molecular flexibility index (Phi) is 6.45. The third kappa shape index (κ3) is 4.60. The zero-order chi connectivity index (χ0) is 23.4. The minimum Gasteiger partial charge on any atom is -0.462 e. The van der Waals surface area contributed by atoms with Gasteiger partial charge in [-0.3, -0.25) is 18.7 Å². The summed E-state index contributed by atoms with van der Waals surface area (Å²) in [5, 5.41) is 4.52. The number of para-hydroxylation sites is 1. The molecular formula is C23H20N4O5S. The highest BCUT2D eigenvalue weighted by molar-refractivity contribution is 7.09. The van der Waals surface area contributed by atoms with Crippen molar-refractivity contribution in [1.29, 1.82) is 0 Å². The number of carbonyl (C=O) groups is 2. The summed E-state index contributed by atoms with van der Waals surface area (Å²) in [7, 11) is 0. The molecule has 1 aromatic carbocycles. The second-order valence-corrected chi connectivity index (χ2v) is 8.06. The molecule has 1 amide bonds. The lowest BCUT2D eigenvalue weighted by Crippen LogP contribution is -2.42. The average Bonchev–Trinajstić information content (AvgIpc) is 3.33. The molecule has 1 N–H and O–H groups in total. The van der Waals surface area contributed by atoms with E-state index in [1.807, 2.05) is 17.5 Å². The molecule has 9 nitrogen and oxygen atoms in total. The van der Waals surface area contributed by atoms with Gasteiger partial charge < -0.3 is 10.1 Å². The first kappa shape index (κ1) is 22.2. The number of carbonyl (C=O) groups excluding carboxylic acids is 2. The van der Waals surface area contributed by atoms with Crippen LogP contribution in [0.4, 0.5) is 5.69 Å². The van der Waals surface area contributed by atoms with Gasteiger partial charge in [0.15, 0.2) is 5.52 Å². The van der Waals surface area contributed by atoms with E-state index in [-0.39, 0.29) is 42.0 Å². The summed E-state index contributed by atoms with van der Waals surface area (Å²) in [5.41, 5.74) is -0.328. The molecular weight excluding hydrogens is 444 g/mol. The third-order valence-electron chi connectivity index (χ3n) is 4.88. The lowest BCUT2D eigenvalue weighted by molar-refractivity contribution is -0.116. The summed E-state index contributed by atoms with van der Waals surface area (Å²) in [6, 6.07) is 13.3. The quantitative estimate of drug-likeness (QED) is 0.421. The highest BCUT2D eigenvalue weighted by Crippen LogP contribution is 2.17. The van der Waals surface area contributed by atoms with Crippen LogP contribution in [0.15, 0.2) is 69.7 Å². The van der Waals surface area contributed by atoms with E-state index < -0.39 is 23.1 Å².